The largest absolute Gasteiger partial charge is 0.478 e. The third-order valence-electron chi connectivity index (χ3n) is 2.63. The number of rotatable bonds is 8. The van der Waals surface area contributed by atoms with Crippen LogP contribution in [-0.4, -0.2) is 62.3 Å². The number of sulfonamides is 1. The van der Waals surface area contributed by atoms with Crippen LogP contribution in [0.1, 0.15) is 10.4 Å². The number of carbonyl (C=O) groups is 1. The molecular formula is C12H17NO6S. The first-order valence-electron chi connectivity index (χ1n) is 5.87. The Bertz CT molecular complexity index is 557. The summed E-state index contributed by atoms with van der Waals surface area (Å²) < 4.78 is 30.7. The molecule has 112 valence electrons. The summed E-state index contributed by atoms with van der Waals surface area (Å²) in [4.78, 5) is 10.8. The van der Waals surface area contributed by atoms with Crippen molar-refractivity contribution >= 4 is 16.0 Å². The molecule has 0 spiro atoms. The van der Waals surface area contributed by atoms with E-state index in [1.54, 1.807) is 0 Å². The van der Waals surface area contributed by atoms with Crippen LogP contribution in [0.2, 0.25) is 0 Å². The van der Waals surface area contributed by atoms with Gasteiger partial charge >= 0.3 is 5.97 Å². The first-order chi connectivity index (χ1) is 9.45. The molecule has 0 atom stereocenters. The molecule has 0 aromatic heterocycles. The molecule has 0 radical (unpaired) electrons. The molecule has 20 heavy (non-hydrogen) atoms. The summed E-state index contributed by atoms with van der Waals surface area (Å²) in [5, 5.41) is 18.0. The monoisotopic (exact) mass is 303 g/mol. The highest BCUT2D eigenvalue weighted by Gasteiger charge is 2.28. The topological polar surface area (TPSA) is 104 Å². The standard InChI is InChI=1S/C12H17NO6S/c1-19-9-7-13(6-8-14)20(17,18)11-5-3-2-4-10(11)12(15)16/h2-5,14H,6-9H2,1H3,(H,15,16). The third-order valence-corrected chi connectivity index (χ3v) is 4.59. The van der Waals surface area contributed by atoms with Gasteiger partial charge in [0.1, 0.15) is 0 Å². The van der Waals surface area contributed by atoms with E-state index in [1.165, 1.54) is 31.4 Å². The first kappa shape index (κ1) is 16.6. The summed E-state index contributed by atoms with van der Waals surface area (Å²) in [6.07, 6.45) is 0. The lowest BCUT2D eigenvalue weighted by atomic mass is 10.2. The van der Waals surface area contributed by atoms with Gasteiger partial charge in [-0.1, -0.05) is 12.1 Å². The van der Waals surface area contributed by atoms with Crippen molar-refractivity contribution in [2.45, 2.75) is 4.90 Å². The van der Waals surface area contributed by atoms with Crippen LogP contribution in [-0.2, 0) is 14.8 Å². The Hall–Kier alpha value is -1.48. The zero-order valence-electron chi connectivity index (χ0n) is 11.0. The van der Waals surface area contributed by atoms with Crippen molar-refractivity contribution in [3.63, 3.8) is 0 Å². The second-order valence-corrected chi connectivity index (χ2v) is 5.83. The van der Waals surface area contributed by atoms with Gasteiger partial charge in [-0.25, -0.2) is 13.2 Å². The Labute approximate surface area is 117 Å². The van der Waals surface area contributed by atoms with Crippen LogP contribution in [0.15, 0.2) is 29.2 Å². The quantitative estimate of drug-likeness (QED) is 0.701. The van der Waals surface area contributed by atoms with Gasteiger partial charge < -0.3 is 14.9 Å². The molecule has 0 heterocycles. The molecule has 0 aliphatic rings. The molecule has 0 aliphatic heterocycles. The number of carboxylic acid groups (broad SMARTS) is 1. The van der Waals surface area contributed by atoms with Gasteiger partial charge in [-0.05, 0) is 12.1 Å². The predicted octanol–water partition coefficient (Wildman–Crippen LogP) is 0.0142. The maximum atomic E-state index is 12.4. The smallest absolute Gasteiger partial charge is 0.337 e. The van der Waals surface area contributed by atoms with Gasteiger partial charge in [0.15, 0.2) is 0 Å². The van der Waals surface area contributed by atoms with Crippen molar-refractivity contribution in [1.82, 2.24) is 4.31 Å². The van der Waals surface area contributed by atoms with Crippen LogP contribution in [0.3, 0.4) is 0 Å². The fourth-order valence-electron chi connectivity index (χ4n) is 1.66. The average Bonchev–Trinajstić information content (AvgIpc) is 2.43. The molecule has 8 heteroatoms. The summed E-state index contributed by atoms with van der Waals surface area (Å²) in [6, 6.07) is 5.36. The molecule has 1 rings (SSSR count). The minimum Gasteiger partial charge on any atom is -0.478 e. The molecule has 0 saturated carbocycles. The van der Waals surface area contributed by atoms with Crippen molar-refractivity contribution in [1.29, 1.82) is 0 Å². The Kier molecular flexibility index (Phi) is 6.08. The van der Waals surface area contributed by atoms with E-state index in [9.17, 15) is 13.2 Å². The molecule has 0 bridgehead atoms. The Balaban J connectivity index is 3.22. The minimum atomic E-state index is -4.00. The van der Waals surface area contributed by atoms with Crippen molar-refractivity contribution in [3.8, 4) is 0 Å². The first-order valence-corrected chi connectivity index (χ1v) is 7.31. The number of hydrogen-bond donors (Lipinski definition) is 2. The number of aliphatic hydroxyl groups is 1. The number of ether oxygens (including phenoxy) is 1. The van der Waals surface area contributed by atoms with E-state index >= 15 is 0 Å². The Morgan fingerprint density at radius 2 is 1.95 bits per heavy atom. The fourth-order valence-corrected chi connectivity index (χ4v) is 3.26. The van der Waals surface area contributed by atoms with E-state index < -0.39 is 16.0 Å². The molecule has 1 aromatic carbocycles. The molecule has 0 fully saturated rings. The van der Waals surface area contributed by atoms with Crippen LogP contribution in [0, 0.1) is 0 Å². The molecule has 7 nitrogen and oxygen atoms in total. The fraction of sp³-hybridized carbons (Fsp3) is 0.417. The number of hydrogen-bond acceptors (Lipinski definition) is 5. The van der Waals surface area contributed by atoms with Crippen LogP contribution < -0.4 is 0 Å². The maximum Gasteiger partial charge on any atom is 0.337 e. The number of nitrogens with zero attached hydrogens (tertiary/aromatic N) is 1. The highest BCUT2D eigenvalue weighted by atomic mass is 32.2. The summed E-state index contributed by atoms with van der Waals surface area (Å²) in [5.41, 5.74) is -0.298. The van der Waals surface area contributed by atoms with Gasteiger partial charge in [0.2, 0.25) is 10.0 Å². The van der Waals surface area contributed by atoms with Crippen molar-refractivity contribution < 1.29 is 28.2 Å². The van der Waals surface area contributed by atoms with Crippen molar-refractivity contribution in [2.24, 2.45) is 0 Å². The summed E-state index contributed by atoms with van der Waals surface area (Å²) in [7, 11) is -2.57. The lowest BCUT2D eigenvalue weighted by molar-refractivity contribution is 0.0692. The average molecular weight is 303 g/mol. The lowest BCUT2D eigenvalue weighted by Crippen LogP contribution is -2.36. The molecular weight excluding hydrogens is 286 g/mol. The van der Waals surface area contributed by atoms with E-state index in [4.69, 9.17) is 14.9 Å². The highest BCUT2D eigenvalue weighted by Crippen LogP contribution is 2.20. The van der Waals surface area contributed by atoms with Gasteiger partial charge in [0.05, 0.1) is 23.7 Å². The van der Waals surface area contributed by atoms with Crippen LogP contribution in [0.5, 0.6) is 0 Å². The third kappa shape index (κ3) is 3.76. The summed E-state index contributed by atoms with van der Waals surface area (Å²) in [6.45, 7) is -0.306. The zero-order valence-corrected chi connectivity index (χ0v) is 11.8. The van der Waals surface area contributed by atoms with E-state index in [2.05, 4.69) is 0 Å². The number of carboxylic acids is 1. The predicted molar refractivity (Wildman–Crippen MR) is 71.1 cm³/mol. The molecule has 1 aromatic rings. The van der Waals surface area contributed by atoms with E-state index in [0.29, 0.717) is 0 Å². The molecule has 0 saturated heterocycles. The Morgan fingerprint density at radius 3 is 2.50 bits per heavy atom. The summed E-state index contributed by atoms with van der Waals surface area (Å²) >= 11 is 0. The number of aromatic carboxylic acids is 1. The normalized spacial score (nSPS) is 11.8. The minimum absolute atomic E-state index is 0.0351. The Morgan fingerprint density at radius 1 is 1.30 bits per heavy atom. The van der Waals surface area contributed by atoms with Crippen LogP contribution in [0.25, 0.3) is 0 Å². The van der Waals surface area contributed by atoms with Gasteiger partial charge in [0.25, 0.3) is 0 Å². The van der Waals surface area contributed by atoms with Gasteiger partial charge in [-0.2, -0.15) is 4.31 Å². The van der Waals surface area contributed by atoms with Gasteiger partial charge in [-0.15, -0.1) is 0 Å². The second kappa shape index (κ2) is 7.34. The van der Waals surface area contributed by atoms with E-state index in [1.807, 2.05) is 0 Å². The van der Waals surface area contributed by atoms with Gasteiger partial charge in [-0.3, -0.25) is 0 Å². The van der Waals surface area contributed by atoms with E-state index in [-0.39, 0.29) is 36.8 Å². The van der Waals surface area contributed by atoms with Crippen LogP contribution >= 0.6 is 0 Å². The number of benzene rings is 1. The second-order valence-electron chi connectivity index (χ2n) is 3.92. The van der Waals surface area contributed by atoms with Gasteiger partial charge in [0, 0.05) is 20.2 Å². The molecule has 0 amide bonds. The van der Waals surface area contributed by atoms with Crippen molar-refractivity contribution in [2.75, 3.05) is 33.4 Å². The number of methoxy groups -OCH3 is 1. The van der Waals surface area contributed by atoms with Crippen LogP contribution in [0.4, 0.5) is 0 Å². The lowest BCUT2D eigenvalue weighted by Gasteiger charge is -2.21. The maximum absolute atomic E-state index is 12.4. The molecule has 0 unspecified atom stereocenters. The molecule has 0 aliphatic carbocycles. The van der Waals surface area contributed by atoms with Crippen molar-refractivity contribution in [3.05, 3.63) is 29.8 Å². The SMILES string of the molecule is COCCN(CCO)S(=O)(=O)c1ccccc1C(=O)O. The zero-order chi connectivity index (χ0) is 15.2. The number of aliphatic hydroxyl groups excluding tert-OH is 1. The summed E-state index contributed by atoms with van der Waals surface area (Å²) in [5.74, 6) is -1.32. The molecule has 2 N–H and O–H groups in total. The highest BCUT2D eigenvalue weighted by molar-refractivity contribution is 7.89. The van der Waals surface area contributed by atoms with E-state index in [0.717, 1.165) is 4.31 Å².